The fourth-order valence-corrected chi connectivity index (χ4v) is 3.93. The molecule has 2 aromatic rings. The smallest absolute Gasteiger partial charge is 0.247 e. The van der Waals surface area contributed by atoms with Gasteiger partial charge in [-0.05, 0) is 35.7 Å². The Balaban J connectivity index is 1.72. The summed E-state index contributed by atoms with van der Waals surface area (Å²) in [6.07, 6.45) is 3.55. The summed E-state index contributed by atoms with van der Waals surface area (Å²) >= 11 is 0. The van der Waals surface area contributed by atoms with E-state index >= 15 is 0 Å². The number of rotatable bonds is 6. The topological polar surface area (TPSA) is 97.5 Å². The Bertz CT molecular complexity index is 918. The zero-order chi connectivity index (χ0) is 18.7. The summed E-state index contributed by atoms with van der Waals surface area (Å²) in [6.45, 7) is 1.19. The molecule has 1 aliphatic rings. The maximum Gasteiger partial charge on any atom is 0.247 e. The van der Waals surface area contributed by atoms with E-state index in [1.807, 2.05) is 0 Å². The van der Waals surface area contributed by atoms with E-state index < -0.39 is 9.84 Å². The molecule has 2 N–H and O–H groups in total. The van der Waals surface area contributed by atoms with Gasteiger partial charge in [0.15, 0.2) is 9.84 Å². The molecule has 8 heteroatoms. The Hall–Kier alpha value is -2.16. The first-order valence-corrected chi connectivity index (χ1v) is 10.2. The van der Waals surface area contributed by atoms with Gasteiger partial charge >= 0.3 is 0 Å². The second kappa shape index (κ2) is 7.61. The summed E-state index contributed by atoms with van der Waals surface area (Å²) in [4.78, 5) is 14.1. The van der Waals surface area contributed by atoms with E-state index in [1.54, 1.807) is 30.5 Å². The second-order valence-electron chi connectivity index (χ2n) is 6.31. The van der Waals surface area contributed by atoms with Gasteiger partial charge in [0, 0.05) is 37.7 Å². The Morgan fingerprint density at radius 3 is 2.77 bits per heavy atom. The van der Waals surface area contributed by atoms with E-state index in [1.165, 1.54) is 13.2 Å². The third-order valence-electron chi connectivity index (χ3n) is 4.42. The first kappa shape index (κ1) is 18.6. The quantitative estimate of drug-likeness (QED) is 0.789. The summed E-state index contributed by atoms with van der Waals surface area (Å²) in [5, 5.41) is 3.45. The highest BCUT2D eigenvalue weighted by Crippen LogP contribution is 2.29. The maximum atomic E-state index is 11.8. The van der Waals surface area contributed by atoms with Crippen LogP contribution in [0.15, 0.2) is 46.2 Å². The predicted molar refractivity (Wildman–Crippen MR) is 97.1 cm³/mol. The van der Waals surface area contributed by atoms with Gasteiger partial charge in [-0.3, -0.25) is 4.79 Å². The van der Waals surface area contributed by atoms with Crippen LogP contribution in [0.25, 0.3) is 0 Å². The highest BCUT2D eigenvalue weighted by Gasteiger charge is 2.29. The molecule has 3 rings (SSSR count). The third-order valence-corrected chi connectivity index (χ3v) is 5.56. The molecule has 140 valence electrons. The molecule has 1 fully saturated rings. The van der Waals surface area contributed by atoms with Crippen molar-refractivity contribution in [1.82, 2.24) is 10.3 Å². The van der Waals surface area contributed by atoms with Gasteiger partial charge in [0.25, 0.3) is 0 Å². The van der Waals surface area contributed by atoms with Gasteiger partial charge in [-0.15, -0.1) is 0 Å². The number of methoxy groups -OCH3 is 1. The molecule has 0 aliphatic carbocycles. The minimum absolute atomic E-state index is 0.0986. The van der Waals surface area contributed by atoms with Crippen LogP contribution in [-0.2, 0) is 21.1 Å². The van der Waals surface area contributed by atoms with Crippen LogP contribution < -0.4 is 15.6 Å². The van der Waals surface area contributed by atoms with E-state index in [-0.39, 0.29) is 22.6 Å². The highest BCUT2D eigenvalue weighted by molar-refractivity contribution is 7.90. The first-order valence-electron chi connectivity index (χ1n) is 8.29. The number of aromatic amines is 1. The lowest BCUT2D eigenvalue weighted by molar-refractivity contribution is 0.0982. The molecule has 0 unspecified atom stereocenters. The molecular formula is C18H22N2O5S. The van der Waals surface area contributed by atoms with Crippen molar-refractivity contribution < 1.29 is 17.9 Å². The van der Waals surface area contributed by atoms with Crippen LogP contribution in [0.4, 0.5) is 0 Å². The number of sulfone groups is 1. The van der Waals surface area contributed by atoms with Crippen LogP contribution in [0.2, 0.25) is 0 Å². The molecule has 1 aromatic carbocycles. The van der Waals surface area contributed by atoms with E-state index in [0.717, 1.165) is 23.8 Å². The molecule has 0 bridgehead atoms. The Morgan fingerprint density at radius 1 is 1.31 bits per heavy atom. The van der Waals surface area contributed by atoms with Crippen molar-refractivity contribution >= 4 is 9.84 Å². The number of hydrogen-bond acceptors (Lipinski definition) is 6. The van der Waals surface area contributed by atoms with Gasteiger partial charge in [0.1, 0.15) is 10.6 Å². The largest absolute Gasteiger partial charge is 0.495 e. The third kappa shape index (κ3) is 4.14. The molecule has 1 aromatic heterocycles. The number of ether oxygens (including phenoxy) is 2. The molecule has 26 heavy (non-hydrogen) atoms. The predicted octanol–water partition coefficient (Wildman–Crippen LogP) is 1.41. The fraction of sp³-hybridized carbons (Fsp3) is 0.389. The van der Waals surface area contributed by atoms with Crippen LogP contribution >= 0.6 is 0 Å². The van der Waals surface area contributed by atoms with Gasteiger partial charge < -0.3 is 19.8 Å². The van der Waals surface area contributed by atoms with Gasteiger partial charge in [-0.1, -0.05) is 6.07 Å². The van der Waals surface area contributed by atoms with Crippen LogP contribution in [0.1, 0.15) is 23.7 Å². The zero-order valence-electron chi connectivity index (χ0n) is 14.7. The zero-order valence-corrected chi connectivity index (χ0v) is 15.5. The Kier molecular flexibility index (Phi) is 5.45. The number of benzene rings is 1. The summed E-state index contributed by atoms with van der Waals surface area (Å²) in [5.41, 5.74) is 1.69. The lowest BCUT2D eigenvalue weighted by Gasteiger charge is -2.20. The van der Waals surface area contributed by atoms with Gasteiger partial charge in [-0.25, -0.2) is 8.42 Å². The number of aromatic nitrogens is 1. The average Bonchev–Trinajstić information content (AvgIpc) is 3.08. The van der Waals surface area contributed by atoms with E-state index in [9.17, 15) is 13.2 Å². The van der Waals surface area contributed by atoms with Crippen LogP contribution in [0.5, 0.6) is 5.75 Å². The molecule has 7 nitrogen and oxygen atoms in total. The standard InChI is InChI=1S/C18H22N2O5S/c1-24-15-9-12(3-5-16(15)26(2,22)23)10-19-14-7-8-25-18(14)13-4-6-17(21)20-11-13/h3-6,9,11,14,18-19H,7-8,10H2,1-2H3,(H,20,21)/t14-,18+/m1/s1. The van der Waals surface area contributed by atoms with E-state index in [2.05, 4.69) is 10.3 Å². The van der Waals surface area contributed by atoms with Crippen molar-refractivity contribution in [3.05, 3.63) is 58.0 Å². The fourth-order valence-electron chi connectivity index (χ4n) is 3.10. The molecule has 1 saturated heterocycles. The van der Waals surface area contributed by atoms with Crippen molar-refractivity contribution in [3.63, 3.8) is 0 Å². The summed E-state index contributed by atoms with van der Waals surface area (Å²) in [7, 11) is -1.88. The minimum Gasteiger partial charge on any atom is -0.495 e. The number of pyridine rings is 1. The molecule has 1 aliphatic heterocycles. The van der Waals surface area contributed by atoms with Crippen molar-refractivity contribution in [2.45, 2.75) is 30.0 Å². The van der Waals surface area contributed by atoms with Crippen molar-refractivity contribution in [2.24, 2.45) is 0 Å². The molecule has 0 radical (unpaired) electrons. The van der Waals surface area contributed by atoms with Gasteiger partial charge in [0.2, 0.25) is 5.56 Å². The van der Waals surface area contributed by atoms with Crippen molar-refractivity contribution in [1.29, 1.82) is 0 Å². The first-order chi connectivity index (χ1) is 12.4. The number of nitrogens with one attached hydrogen (secondary N) is 2. The van der Waals surface area contributed by atoms with Crippen molar-refractivity contribution in [2.75, 3.05) is 20.0 Å². The summed E-state index contributed by atoms with van der Waals surface area (Å²) in [5.74, 6) is 0.339. The normalized spacial score (nSPS) is 20.2. The maximum absolute atomic E-state index is 11.8. The van der Waals surface area contributed by atoms with Crippen molar-refractivity contribution in [3.8, 4) is 5.75 Å². The summed E-state index contributed by atoms with van der Waals surface area (Å²) in [6, 6.07) is 8.43. The molecule has 0 amide bonds. The van der Waals surface area contributed by atoms with Gasteiger partial charge in [0.05, 0.1) is 13.2 Å². The molecule has 2 heterocycles. The molecule has 0 spiro atoms. The highest BCUT2D eigenvalue weighted by atomic mass is 32.2. The van der Waals surface area contributed by atoms with Crippen LogP contribution in [0.3, 0.4) is 0 Å². The van der Waals surface area contributed by atoms with Gasteiger partial charge in [-0.2, -0.15) is 0 Å². The van der Waals surface area contributed by atoms with E-state index in [0.29, 0.717) is 18.9 Å². The average molecular weight is 378 g/mol. The Morgan fingerprint density at radius 2 is 2.12 bits per heavy atom. The SMILES string of the molecule is COc1cc(CN[C@@H]2CCO[C@H]2c2ccc(=O)[nH]c2)ccc1S(C)(=O)=O. The Labute approximate surface area is 152 Å². The summed E-state index contributed by atoms with van der Waals surface area (Å²) < 4.78 is 34.6. The second-order valence-corrected chi connectivity index (χ2v) is 8.30. The number of H-pyrrole nitrogens is 1. The molecular weight excluding hydrogens is 356 g/mol. The monoisotopic (exact) mass is 378 g/mol. The van der Waals surface area contributed by atoms with Crippen LogP contribution in [0, 0.1) is 0 Å². The molecule has 0 saturated carbocycles. The minimum atomic E-state index is -3.34. The molecule has 2 atom stereocenters. The van der Waals surface area contributed by atoms with Crippen LogP contribution in [-0.4, -0.2) is 39.4 Å². The lowest BCUT2D eigenvalue weighted by atomic mass is 10.0. The van der Waals surface area contributed by atoms with E-state index in [4.69, 9.17) is 9.47 Å². The lowest BCUT2D eigenvalue weighted by Crippen LogP contribution is -2.31. The number of hydrogen-bond donors (Lipinski definition) is 2.